The van der Waals surface area contributed by atoms with Crippen molar-refractivity contribution in [2.45, 2.75) is 13.8 Å². The van der Waals surface area contributed by atoms with E-state index in [1.54, 1.807) is 29.2 Å². The molecule has 1 saturated heterocycles. The Bertz CT molecular complexity index is 928. The SMILES string of the molecule is Cc1cc(C)n(-c2ccc(N3CCN(C(=O)c4cccnc4)CC3)nn2)n1. The van der Waals surface area contributed by atoms with Crippen LogP contribution >= 0.6 is 0 Å². The molecule has 0 atom stereocenters. The minimum Gasteiger partial charge on any atom is -0.352 e. The van der Waals surface area contributed by atoms with Crippen molar-refractivity contribution in [1.29, 1.82) is 0 Å². The summed E-state index contributed by atoms with van der Waals surface area (Å²) in [5.74, 6) is 1.54. The van der Waals surface area contributed by atoms with Crippen LogP contribution in [-0.4, -0.2) is 61.9 Å². The fraction of sp³-hybridized carbons (Fsp3) is 0.316. The molecule has 1 aliphatic rings. The van der Waals surface area contributed by atoms with Crippen LogP contribution in [0.3, 0.4) is 0 Å². The normalized spacial score (nSPS) is 14.4. The number of hydrogen-bond acceptors (Lipinski definition) is 6. The lowest BCUT2D eigenvalue weighted by atomic mass is 10.2. The lowest BCUT2D eigenvalue weighted by Gasteiger charge is -2.35. The average molecular weight is 363 g/mol. The minimum atomic E-state index is 0.0220. The molecule has 8 heteroatoms. The van der Waals surface area contributed by atoms with Crippen LogP contribution in [0.4, 0.5) is 5.82 Å². The monoisotopic (exact) mass is 363 g/mol. The third-order valence-electron chi connectivity index (χ3n) is 4.66. The van der Waals surface area contributed by atoms with E-state index in [0.717, 1.165) is 30.3 Å². The zero-order valence-corrected chi connectivity index (χ0v) is 15.4. The Kier molecular flexibility index (Phi) is 4.53. The van der Waals surface area contributed by atoms with Crippen molar-refractivity contribution in [3.8, 4) is 5.82 Å². The second-order valence-corrected chi connectivity index (χ2v) is 6.61. The topological polar surface area (TPSA) is 80.0 Å². The summed E-state index contributed by atoms with van der Waals surface area (Å²) in [6.07, 6.45) is 3.28. The molecule has 0 aliphatic carbocycles. The quantitative estimate of drug-likeness (QED) is 0.704. The van der Waals surface area contributed by atoms with Gasteiger partial charge in [-0.3, -0.25) is 9.78 Å². The van der Waals surface area contributed by atoms with Gasteiger partial charge in [0.15, 0.2) is 11.6 Å². The highest BCUT2D eigenvalue weighted by atomic mass is 16.2. The number of nitrogens with zero attached hydrogens (tertiary/aromatic N) is 7. The molecule has 3 aromatic rings. The van der Waals surface area contributed by atoms with Gasteiger partial charge < -0.3 is 9.80 Å². The number of carbonyl (C=O) groups is 1. The van der Waals surface area contributed by atoms with Gasteiger partial charge in [-0.15, -0.1) is 10.2 Å². The Morgan fingerprint density at radius 3 is 2.33 bits per heavy atom. The molecule has 0 aromatic carbocycles. The summed E-state index contributed by atoms with van der Waals surface area (Å²) in [6, 6.07) is 9.47. The highest BCUT2D eigenvalue weighted by Crippen LogP contribution is 2.16. The number of aryl methyl sites for hydroxylation is 2. The zero-order valence-electron chi connectivity index (χ0n) is 15.4. The van der Waals surface area contributed by atoms with E-state index in [1.807, 2.05) is 36.9 Å². The van der Waals surface area contributed by atoms with Crippen LogP contribution < -0.4 is 4.90 Å². The van der Waals surface area contributed by atoms with Gasteiger partial charge in [-0.2, -0.15) is 5.10 Å². The molecule has 0 radical (unpaired) electrons. The number of pyridine rings is 1. The molecule has 3 aromatic heterocycles. The molecule has 1 amide bonds. The molecular formula is C19H21N7O. The molecule has 0 unspecified atom stereocenters. The Labute approximate surface area is 157 Å². The molecule has 0 bridgehead atoms. The number of aromatic nitrogens is 5. The summed E-state index contributed by atoms with van der Waals surface area (Å²) < 4.78 is 1.79. The molecule has 138 valence electrons. The van der Waals surface area contributed by atoms with Gasteiger partial charge in [0.2, 0.25) is 0 Å². The van der Waals surface area contributed by atoms with Crippen molar-refractivity contribution in [1.82, 2.24) is 29.9 Å². The molecule has 0 N–H and O–H groups in total. The van der Waals surface area contributed by atoms with E-state index in [0.29, 0.717) is 24.5 Å². The largest absolute Gasteiger partial charge is 0.352 e. The standard InChI is InChI=1S/C19H21N7O/c1-14-12-15(2)26(23-14)18-6-5-17(21-22-18)24-8-10-25(11-9-24)19(27)16-4-3-7-20-13-16/h3-7,12-13H,8-11H2,1-2H3. The summed E-state index contributed by atoms with van der Waals surface area (Å²) in [6.45, 7) is 6.69. The zero-order chi connectivity index (χ0) is 18.8. The van der Waals surface area contributed by atoms with Crippen LogP contribution in [0.25, 0.3) is 5.82 Å². The van der Waals surface area contributed by atoms with E-state index in [-0.39, 0.29) is 5.91 Å². The van der Waals surface area contributed by atoms with Gasteiger partial charge in [-0.1, -0.05) is 0 Å². The number of hydrogen-bond donors (Lipinski definition) is 0. The Morgan fingerprint density at radius 2 is 1.74 bits per heavy atom. The first-order valence-electron chi connectivity index (χ1n) is 8.93. The molecule has 0 saturated carbocycles. The van der Waals surface area contributed by atoms with Crippen LogP contribution in [-0.2, 0) is 0 Å². The molecular weight excluding hydrogens is 342 g/mol. The number of piperazine rings is 1. The Hall–Kier alpha value is -3.29. The van der Waals surface area contributed by atoms with E-state index in [9.17, 15) is 4.79 Å². The molecule has 1 aliphatic heterocycles. The van der Waals surface area contributed by atoms with Gasteiger partial charge in [0.1, 0.15) is 0 Å². The lowest BCUT2D eigenvalue weighted by molar-refractivity contribution is 0.0746. The first-order chi connectivity index (χ1) is 13.1. The average Bonchev–Trinajstić information content (AvgIpc) is 3.06. The van der Waals surface area contributed by atoms with Gasteiger partial charge in [-0.25, -0.2) is 4.68 Å². The van der Waals surface area contributed by atoms with Crippen LogP contribution in [0.2, 0.25) is 0 Å². The van der Waals surface area contributed by atoms with Crippen LogP contribution in [0.15, 0.2) is 42.7 Å². The minimum absolute atomic E-state index is 0.0220. The Morgan fingerprint density at radius 1 is 1.00 bits per heavy atom. The smallest absolute Gasteiger partial charge is 0.255 e. The molecule has 4 rings (SSSR count). The van der Waals surface area contributed by atoms with Gasteiger partial charge in [-0.05, 0) is 44.2 Å². The van der Waals surface area contributed by atoms with Crippen molar-refractivity contribution < 1.29 is 4.79 Å². The predicted octanol–water partition coefficient (Wildman–Crippen LogP) is 1.64. The van der Waals surface area contributed by atoms with E-state index in [1.165, 1.54) is 0 Å². The third-order valence-corrected chi connectivity index (χ3v) is 4.66. The second-order valence-electron chi connectivity index (χ2n) is 6.61. The van der Waals surface area contributed by atoms with Gasteiger partial charge in [0, 0.05) is 44.3 Å². The number of amides is 1. The third kappa shape index (κ3) is 3.51. The summed E-state index contributed by atoms with van der Waals surface area (Å²) in [7, 11) is 0. The fourth-order valence-corrected chi connectivity index (χ4v) is 3.27. The summed E-state index contributed by atoms with van der Waals surface area (Å²) in [4.78, 5) is 20.5. The van der Waals surface area contributed by atoms with Crippen LogP contribution in [0.1, 0.15) is 21.7 Å². The van der Waals surface area contributed by atoms with Gasteiger partial charge in [0.05, 0.1) is 11.3 Å². The maximum absolute atomic E-state index is 12.5. The number of rotatable bonds is 3. The number of carbonyl (C=O) groups excluding carboxylic acids is 1. The summed E-state index contributed by atoms with van der Waals surface area (Å²) >= 11 is 0. The predicted molar refractivity (Wildman–Crippen MR) is 101 cm³/mol. The van der Waals surface area contributed by atoms with E-state index in [2.05, 4.69) is 25.2 Å². The second kappa shape index (κ2) is 7.14. The van der Waals surface area contributed by atoms with Crippen molar-refractivity contribution in [2.75, 3.05) is 31.1 Å². The maximum atomic E-state index is 12.5. The lowest BCUT2D eigenvalue weighted by Crippen LogP contribution is -2.49. The first-order valence-corrected chi connectivity index (χ1v) is 8.93. The Balaban J connectivity index is 1.41. The van der Waals surface area contributed by atoms with Gasteiger partial charge >= 0.3 is 0 Å². The number of anilines is 1. The van der Waals surface area contributed by atoms with E-state index < -0.39 is 0 Å². The molecule has 4 heterocycles. The van der Waals surface area contributed by atoms with Crippen molar-refractivity contribution in [3.63, 3.8) is 0 Å². The first kappa shape index (κ1) is 17.1. The molecule has 8 nitrogen and oxygen atoms in total. The van der Waals surface area contributed by atoms with Gasteiger partial charge in [0.25, 0.3) is 5.91 Å². The maximum Gasteiger partial charge on any atom is 0.255 e. The summed E-state index contributed by atoms with van der Waals surface area (Å²) in [5.41, 5.74) is 2.60. The fourth-order valence-electron chi connectivity index (χ4n) is 3.27. The molecule has 0 spiro atoms. The van der Waals surface area contributed by atoms with Crippen molar-refractivity contribution in [3.05, 3.63) is 59.7 Å². The van der Waals surface area contributed by atoms with E-state index >= 15 is 0 Å². The van der Waals surface area contributed by atoms with Crippen LogP contribution in [0, 0.1) is 13.8 Å². The highest BCUT2D eigenvalue weighted by molar-refractivity contribution is 5.94. The van der Waals surface area contributed by atoms with Crippen molar-refractivity contribution in [2.24, 2.45) is 0 Å². The molecule has 27 heavy (non-hydrogen) atoms. The van der Waals surface area contributed by atoms with Crippen LogP contribution in [0.5, 0.6) is 0 Å². The summed E-state index contributed by atoms with van der Waals surface area (Å²) in [5, 5.41) is 13.1. The molecule has 1 fully saturated rings. The van der Waals surface area contributed by atoms with E-state index in [4.69, 9.17) is 0 Å². The van der Waals surface area contributed by atoms with Crippen molar-refractivity contribution >= 4 is 11.7 Å². The highest BCUT2D eigenvalue weighted by Gasteiger charge is 2.23.